The molecule has 0 radical (unpaired) electrons. The van der Waals surface area contributed by atoms with Gasteiger partial charge in [0.2, 0.25) is 5.91 Å². The van der Waals surface area contributed by atoms with Gasteiger partial charge in [-0.05, 0) is 36.2 Å². The van der Waals surface area contributed by atoms with Gasteiger partial charge in [-0.3, -0.25) is 14.5 Å². The zero-order valence-electron chi connectivity index (χ0n) is 22.1. The van der Waals surface area contributed by atoms with Crippen molar-refractivity contribution < 1.29 is 14.3 Å². The van der Waals surface area contributed by atoms with Gasteiger partial charge in [0, 0.05) is 45.3 Å². The number of anilines is 1. The van der Waals surface area contributed by atoms with Crippen LogP contribution in [0.4, 0.5) is 5.69 Å². The maximum absolute atomic E-state index is 13.8. The normalized spacial score (nSPS) is 19.4. The molecule has 1 N–H and O–H groups in total. The fraction of sp³-hybridized carbons (Fsp3) is 0.323. The number of nitriles is 1. The molecule has 2 aliphatic rings. The SMILES string of the molecule is COc1ccccc1C(=O)N[C@H]1C[C@@H](C(=O)N2CCN(c3ccccc3C#N)CC2)N(Cc2ccccc2)C1. The molecule has 2 atom stereocenters. The second-order valence-corrected chi connectivity index (χ2v) is 9.98. The number of hydrogen-bond donors (Lipinski definition) is 1. The number of para-hydroxylation sites is 2. The summed E-state index contributed by atoms with van der Waals surface area (Å²) in [5.41, 5.74) is 3.18. The molecule has 8 nitrogen and oxygen atoms in total. The van der Waals surface area contributed by atoms with Gasteiger partial charge in [-0.1, -0.05) is 54.6 Å². The Bertz CT molecular complexity index is 1350. The van der Waals surface area contributed by atoms with Crippen LogP contribution in [0.2, 0.25) is 0 Å². The lowest BCUT2D eigenvalue weighted by Crippen LogP contribution is -2.53. The number of hydrogen-bond acceptors (Lipinski definition) is 6. The number of amides is 2. The second kappa shape index (κ2) is 12.0. The highest BCUT2D eigenvalue weighted by atomic mass is 16.5. The summed E-state index contributed by atoms with van der Waals surface area (Å²) >= 11 is 0. The van der Waals surface area contributed by atoms with Crippen molar-refractivity contribution in [1.82, 2.24) is 15.1 Å². The third-order valence-electron chi connectivity index (χ3n) is 7.56. The Kier molecular flexibility index (Phi) is 8.09. The number of likely N-dealkylation sites (tertiary alicyclic amines) is 1. The van der Waals surface area contributed by atoms with Crippen LogP contribution in [0.5, 0.6) is 5.75 Å². The van der Waals surface area contributed by atoms with E-state index in [-0.39, 0.29) is 23.9 Å². The number of rotatable bonds is 7. The van der Waals surface area contributed by atoms with Crippen molar-refractivity contribution in [3.63, 3.8) is 0 Å². The number of nitrogens with zero attached hydrogens (tertiary/aromatic N) is 4. The summed E-state index contributed by atoms with van der Waals surface area (Å²) in [6.45, 7) is 3.74. The van der Waals surface area contributed by atoms with E-state index in [2.05, 4.69) is 33.3 Å². The molecule has 2 fully saturated rings. The van der Waals surface area contributed by atoms with Gasteiger partial charge < -0.3 is 19.9 Å². The molecule has 2 amide bonds. The zero-order chi connectivity index (χ0) is 27.2. The van der Waals surface area contributed by atoms with E-state index in [0.29, 0.717) is 62.6 Å². The second-order valence-electron chi connectivity index (χ2n) is 9.98. The minimum absolute atomic E-state index is 0.0909. The first-order chi connectivity index (χ1) is 19.1. The van der Waals surface area contributed by atoms with E-state index in [1.54, 1.807) is 19.2 Å². The van der Waals surface area contributed by atoms with E-state index in [0.717, 1.165) is 11.3 Å². The Morgan fingerprint density at radius 2 is 1.64 bits per heavy atom. The standard InChI is InChI=1S/C31H33N5O3/c1-39-29-14-8-6-12-26(29)30(37)33-25-19-28(36(22-25)21-23-9-3-2-4-10-23)31(38)35-17-15-34(16-18-35)27-13-7-5-11-24(27)20-32/h2-14,25,28H,15-19,21-22H2,1H3,(H,33,37)/t25-,28-/m0/s1. The predicted molar refractivity (Wildman–Crippen MR) is 149 cm³/mol. The minimum atomic E-state index is -0.328. The monoisotopic (exact) mass is 523 g/mol. The summed E-state index contributed by atoms with van der Waals surface area (Å²) in [5, 5.41) is 12.6. The van der Waals surface area contributed by atoms with Gasteiger partial charge in [0.25, 0.3) is 5.91 Å². The number of methoxy groups -OCH3 is 1. The van der Waals surface area contributed by atoms with Crippen molar-refractivity contribution in [3.8, 4) is 11.8 Å². The third kappa shape index (κ3) is 5.89. The lowest BCUT2D eigenvalue weighted by molar-refractivity contribution is -0.136. The first-order valence-corrected chi connectivity index (χ1v) is 13.3. The molecule has 3 aromatic rings. The molecule has 0 bridgehead atoms. The van der Waals surface area contributed by atoms with Gasteiger partial charge >= 0.3 is 0 Å². The Balaban J connectivity index is 1.28. The van der Waals surface area contributed by atoms with Gasteiger partial charge in [-0.2, -0.15) is 5.26 Å². The van der Waals surface area contributed by atoms with Crippen LogP contribution in [-0.4, -0.2) is 73.5 Å². The van der Waals surface area contributed by atoms with Crippen LogP contribution < -0.4 is 15.0 Å². The first kappa shape index (κ1) is 26.3. The van der Waals surface area contributed by atoms with Gasteiger partial charge in [-0.15, -0.1) is 0 Å². The van der Waals surface area contributed by atoms with Crippen LogP contribution in [0.15, 0.2) is 78.9 Å². The molecule has 39 heavy (non-hydrogen) atoms. The third-order valence-corrected chi connectivity index (χ3v) is 7.56. The lowest BCUT2D eigenvalue weighted by Gasteiger charge is -2.38. The number of piperazine rings is 1. The average molecular weight is 524 g/mol. The molecule has 3 aromatic carbocycles. The Labute approximate surface area is 229 Å². The van der Waals surface area contributed by atoms with Crippen LogP contribution in [0, 0.1) is 11.3 Å². The van der Waals surface area contributed by atoms with E-state index in [1.807, 2.05) is 59.5 Å². The molecule has 2 heterocycles. The van der Waals surface area contributed by atoms with Crippen molar-refractivity contribution in [1.29, 1.82) is 5.26 Å². The van der Waals surface area contributed by atoms with E-state index in [1.165, 1.54) is 0 Å². The van der Waals surface area contributed by atoms with Crippen molar-refractivity contribution in [3.05, 3.63) is 95.6 Å². The van der Waals surface area contributed by atoms with Gasteiger partial charge in [0.15, 0.2) is 0 Å². The first-order valence-electron chi connectivity index (χ1n) is 13.3. The number of ether oxygens (including phenoxy) is 1. The van der Waals surface area contributed by atoms with Gasteiger partial charge in [0.05, 0.1) is 30.0 Å². The number of carbonyl (C=O) groups excluding carboxylic acids is 2. The molecule has 2 saturated heterocycles. The predicted octanol–water partition coefficient (Wildman–Crippen LogP) is 3.29. The maximum atomic E-state index is 13.8. The van der Waals surface area contributed by atoms with Crippen LogP contribution in [0.25, 0.3) is 0 Å². The smallest absolute Gasteiger partial charge is 0.255 e. The van der Waals surface area contributed by atoms with E-state index >= 15 is 0 Å². The highest BCUT2D eigenvalue weighted by molar-refractivity contribution is 5.97. The largest absolute Gasteiger partial charge is 0.496 e. The van der Waals surface area contributed by atoms with Crippen molar-refractivity contribution >= 4 is 17.5 Å². The summed E-state index contributed by atoms with van der Waals surface area (Å²) in [6, 6.07) is 26.6. The van der Waals surface area contributed by atoms with Crippen LogP contribution in [-0.2, 0) is 11.3 Å². The molecule has 2 aliphatic heterocycles. The Hall–Kier alpha value is -4.35. The van der Waals surface area contributed by atoms with Gasteiger partial charge in [0.1, 0.15) is 11.8 Å². The molecule has 0 aromatic heterocycles. The van der Waals surface area contributed by atoms with Crippen molar-refractivity contribution in [2.75, 3.05) is 44.7 Å². The Morgan fingerprint density at radius 1 is 0.949 bits per heavy atom. The summed E-state index contributed by atoms with van der Waals surface area (Å²) in [4.78, 5) is 33.3. The van der Waals surface area contributed by atoms with Crippen LogP contribution >= 0.6 is 0 Å². The molecule has 0 unspecified atom stereocenters. The Morgan fingerprint density at radius 3 is 2.38 bits per heavy atom. The summed E-state index contributed by atoms with van der Waals surface area (Å²) < 4.78 is 5.37. The maximum Gasteiger partial charge on any atom is 0.255 e. The summed E-state index contributed by atoms with van der Waals surface area (Å²) in [5.74, 6) is 0.417. The van der Waals surface area contributed by atoms with Crippen molar-refractivity contribution in [2.45, 2.75) is 25.0 Å². The van der Waals surface area contributed by atoms with E-state index < -0.39 is 0 Å². The quantitative estimate of drug-likeness (QED) is 0.511. The topological polar surface area (TPSA) is 88.9 Å². The van der Waals surface area contributed by atoms with E-state index in [9.17, 15) is 14.9 Å². The number of nitrogens with one attached hydrogen (secondary N) is 1. The summed E-state index contributed by atoms with van der Waals surface area (Å²) in [6.07, 6.45) is 0.546. The fourth-order valence-electron chi connectivity index (χ4n) is 5.58. The number of carbonyl (C=O) groups is 2. The molecule has 200 valence electrons. The highest BCUT2D eigenvalue weighted by Gasteiger charge is 2.40. The molecule has 8 heteroatoms. The fourth-order valence-corrected chi connectivity index (χ4v) is 5.58. The molecule has 0 spiro atoms. The number of benzene rings is 3. The zero-order valence-corrected chi connectivity index (χ0v) is 22.1. The summed E-state index contributed by atoms with van der Waals surface area (Å²) in [7, 11) is 1.55. The van der Waals surface area contributed by atoms with Crippen LogP contribution in [0.1, 0.15) is 27.9 Å². The van der Waals surface area contributed by atoms with Crippen LogP contribution in [0.3, 0.4) is 0 Å². The molecular formula is C31H33N5O3. The molecular weight excluding hydrogens is 490 g/mol. The van der Waals surface area contributed by atoms with E-state index in [4.69, 9.17) is 4.74 Å². The molecule has 0 aliphatic carbocycles. The van der Waals surface area contributed by atoms with Crippen molar-refractivity contribution in [2.24, 2.45) is 0 Å². The molecule has 0 saturated carbocycles. The molecule has 5 rings (SSSR count). The lowest BCUT2D eigenvalue weighted by atomic mass is 10.1. The van der Waals surface area contributed by atoms with Gasteiger partial charge in [-0.25, -0.2) is 0 Å². The highest BCUT2D eigenvalue weighted by Crippen LogP contribution is 2.26. The minimum Gasteiger partial charge on any atom is -0.496 e. The average Bonchev–Trinajstić information content (AvgIpc) is 3.38.